The Labute approximate surface area is 165 Å². The second-order valence-corrected chi connectivity index (χ2v) is 8.29. The van der Waals surface area contributed by atoms with Crippen LogP contribution in [0.1, 0.15) is 36.9 Å². The molecule has 0 N–H and O–H groups in total. The largest absolute Gasteiger partial charge is 0.339 e. The van der Waals surface area contributed by atoms with E-state index >= 15 is 0 Å². The summed E-state index contributed by atoms with van der Waals surface area (Å²) in [6.07, 6.45) is 9.77. The van der Waals surface area contributed by atoms with Gasteiger partial charge >= 0.3 is 0 Å². The summed E-state index contributed by atoms with van der Waals surface area (Å²) in [6, 6.07) is 0.785. The molecule has 0 spiro atoms. The normalized spacial score (nSPS) is 24.0. The Bertz CT molecular complexity index is 786. The first kappa shape index (κ1) is 18.0. The Morgan fingerprint density at radius 3 is 2.71 bits per heavy atom. The van der Waals surface area contributed by atoms with Crippen molar-refractivity contribution in [2.45, 2.75) is 44.7 Å². The fourth-order valence-corrected chi connectivity index (χ4v) is 4.53. The first-order valence-corrected chi connectivity index (χ1v) is 10.7. The molecule has 8 nitrogen and oxygen atoms in total. The number of carbonyl (C=O) groups excluding carboxylic acids is 1. The number of aromatic nitrogens is 2. The third-order valence-electron chi connectivity index (χ3n) is 6.48. The Morgan fingerprint density at radius 2 is 2.00 bits per heavy atom. The van der Waals surface area contributed by atoms with E-state index < -0.39 is 0 Å². The van der Waals surface area contributed by atoms with Gasteiger partial charge < -0.3 is 4.90 Å². The predicted octanol–water partition coefficient (Wildman–Crippen LogP) is 0.617. The van der Waals surface area contributed by atoms with Crippen LogP contribution in [0, 0.1) is 0 Å². The molecule has 3 aliphatic heterocycles. The monoisotopic (exact) mass is 383 g/mol. The molecule has 4 aliphatic rings. The van der Waals surface area contributed by atoms with Crippen LogP contribution in [0.15, 0.2) is 16.2 Å². The molecule has 0 unspecified atom stereocenters. The van der Waals surface area contributed by atoms with E-state index in [9.17, 15) is 4.79 Å². The van der Waals surface area contributed by atoms with Gasteiger partial charge in [-0.15, -0.1) is 0 Å². The smallest absolute Gasteiger partial charge is 0.245 e. The number of piperazine rings is 1. The maximum absolute atomic E-state index is 12.8. The van der Waals surface area contributed by atoms with Crippen molar-refractivity contribution in [2.75, 3.05) is 45.8 Å². The first-order valence-electron chi connectivity index (χ1n) is 10.7. The molecule has 1 aromatic heterocycles. The van der Waals surface area contributed by atoms with Gasteiger partial charge in [0.15, 0.2) is 0 Å². The molecule has 4 heterocycles. The Morgan fingerprint density at radius 1 is 1.14 bits per heavy atom. The summed E-state index contributed by atoms with van der Waals surface area (Å²) in [5.74, 6) is 0.943. The zero-order valence-corrected chi connectivity index (χ0v) is 16.5. The van der Waals surface area contributed by atoms with Crippen LogP contribution in [0.5, 0.6) is 0 Å². The van der Waals surface area contributed by atoms with E-state index in [4.69, 9.17) is 0 Å². The number of fused-ring (bicyclic) bond motifs is 1. The minimum atomic E-state index is 0.269. The highest BCUT2D eigenvalue weighted by Gasteiger charge is 2.30. The number of aliphatic imine (C=N–C) groups is 2. The van der Waals surface area contributed by atoms with Gasteiger partial charge in [-0.05, 0) is 12.8 Å². The fraction of sp³-hybridized carbons (Fsp3) is 0.700. The van der Waals surface area contributed by atoms with Crippen molar-refractivity contribution in [3.8, 4) is 0 Å². The molecule has 1 amide bonds. The zero-order valence-electron chi connectivity index (χ0n) is 16.5. The van der Waals surface area contributed by atoms with Gasteiger partial charge in [-0.25, -0.2) is 14.7 Å². The summed E-state index contributed by atoms with van der Waals surface area (Å²) in [5.41, 5.74) is 2.30. The molecule has 2 fully saturated rings. The number of hydrogen-bond acceptors (Lipinski definition) is 6. The highest BCUT2D eigenvalue weighted by atomic mass is 16.2. The Balaban J connectivity index is 1.15. The lowest BCUT2D eigenvalue weighted by Crippen LogP contribution is -2.55. The van der Waals surface area contributed by atoms with E-state index in [1.165, 1.54) is 24.8 Å². The zero-order chi connectivity index (χ0) is 18.9. The molecule has 0 bridgehead atoms. The number of amides is 1. The summed E-state index contributed by atoms with van der Waals surface area (Å²) in [4.78, 5) is 28.5. The highest BCUT2D eigenvalue weighted by Crippen LogP contribution is 2.25. The molecule has 0 aromatic carbocycles. The van der Waals surface area contributed by atoms with Crippen LogP contribution in [0.4, 0.5) is 0 Å². The van der Waals surface area contributed by atoms with E-state index in [-0.39, 0.29) is 5.91 Å². The van der Waals surface area contributed by atoms with Crippen LogP contribution in [-0.4, -0.2) is 94.4 Å². The lowest BCUT2D eigenvalue weighted by molar-refractivity contribution is -0.135. The van der Waals surface area contributed by atoms with Gasteiger partial charge in [-0.2, -0.15) is 5.10 Å². The number of hydrogen-bond donors (Lipinski definition) is 0. The van der Waals surface area contributed by atoms with E-state index in [2.05, 4.69) is 29.8 Å². The molecule has 1 saturated carbocycles. The van der Waals surface area contributed by atoms with Crippen molar-refractivity contribution >= 4 is 18.1 Å². The van der Waals surface area contributed by atoms with Gasteiger partial charge in [0.05, 0.1) is 12.2 Å². The number of carbonyl (C=O) groups is 1. The number of nitrogens with zero attached hydrogens (tertiary/aromatic N) is 7. The third-order valence-corrected chi connectivity index (χ3v) is 6.48. The quantitative estimate of drug-likeness (QED) is 0.767. The lowest BCUT2D eigenvalue weighted by Gasteiger charge is -2.43. The second-order valence-electron chi connectivity index (χ2n) is 8.29. The van der Waals surface area contributed by atoms with Crippen LogP contribution < -0.4 is 0 Å². The summed E-state index contributed by atoms with van der Waals surface area (Å²) in [7, 11) is 0. The maximum atomic E-state index is 12.8. The van der Waals surface area contributed by atoms with Crippen molar-refractivity contribution in [1.82, 2.24) is 24.5 Å². The van der Waals surface area contributed by atoms with Gasteiger partial charge in [0.25, 0.3) is 0 Å². The van der Waals surface area contributed by atoms with Gasteiger partial charge in [-0.1, -0.05) is 6.42 Å². The average Bonchev–Trinajstić information content (AvgIpc) is 3.11. The van der Waals surface area contributed by atoms with Crippen molar-refractivity contribution in [3.63, 3.8) is 0 Å². The van der Waals surface area contributed by atoms with Crippen LogP contribution in [0.3, 0.4) is 0 Å². The minimum absolute atomic E-state index is 0.269. The number of rotatable bonds is 3. The molecule has 0 atom stereocenters. The summed E-state index contributed by atoms with van der Waals surface area (Å²) in [6.45, 7) is 6.78. The molecule has 1 aliphatic carbocycles. The topological polar surface area (TPSA) is 69.3 Å². The van der Waals surface area contributed by atoms with Crippen molar-refractivity contribution in [3.05, 3.63) is 17.5 Å². The molecule has 8 heteroatoms. The molecule has 1 saturated heterocycles. The van der Waals surface area contributed by atoms with Crippen LogP contribution in [-0.2, 0) is 17.8 Å². The molecule has 150 valence electrons. The van der Waals surface area contributed by atoms with Crippen molar-refractivity contribution < 1.29 is 4.79 Å². The third kappa shape index (κ3) is 3.63. The van der Waals surface area contributed by atoms with Gasteiger partial charge in [0, 0.05) is 82.7 Å². The van der Waals surface area contributed by atoms with Gasteiger partial charge in [0.1, 0.15) is 0 Å². The first-order chi connectivity index (χ1) is 13.8. The molecule has 28 heavy (non-hydrogen) atoms. The standard InChI is InChI=1S/C20H29N7O/c28-19(26-11-9-25(10-12-26)17-3-1-4-17)15-24-8-5-18-16(13-24)14-27(23-18)20-21-6-2-7-22-20/h6,14,17H,1-5,7-13,15H2. The van der Waals surface area contributed by atoms with Gasteiger partial charge in [0.2, 0.25) is 11.9 Å². The Hall–Kier alpha value is -2.06. The van der Waals surface area contributed by atoms with Crippen LogP contribution in [0.25, 0.3) is 0 Å². The van der Waals surface area contributed by atoms with E-state index in [1.807, 2.05) is 12.4 Å². The molecule has 0 radical (unpaired) electrons. The van der Waals surface area contributed by atoms with E-state index in [0.717, 1.165) is 70.4 Å². The average molecular weight is 384 g/mol. The van der Waals surface area contributed by atoms with E-state index in [1.54, 1.807) is 4.68 Å². The summed E-state index contributed by atoms with van der Waals surface area (Å²) in [5, 5.41) is 4.66. The van der Waals surface area contributed by atoms with E-state index in [0.29, 0.717) is 12.5 Å². The summed E-state index contributed by atoms with van der Waals surface area (Å²) >= 11 is 0. The molecule has 1 aromatic rings. The predicted molar refractivity (Wildman–Crippen MR) is 108 cm³/mol. The van der Waals surface area contributed by atoms with Crippen LogP contribution in [0.2, 0.25) is 0 Å². The Kier molecular flexibility index (Phi) is 4.98. The van der Waals surface area contributed by atoms with Crippen LogP contribution >= 0.6 is 0 Å². The fourth-order valence-electron chi connectivity index (χ4n) is 4.53. The SMILES string of the molecule is O=C(CN1CCc2nn(C3=NCCC=N3)cc2C1)N1CCN(C2CCC2)CC1. The molecule has 5 rings (SSSR count). The molecular formula is C20H29N7O. The highest BCUT2D eigenvalue weighted by molar-refractivity contribution is 5.90. The van der Waals surface area contributed by atoms with Crippen molar-refractivity contribution in [2.24, 2.45) is 9.98 Å². The maximum Gasteiger partial charge on any atom is 0.245 e. The van der Waals surface area contributed by atoms with Crippen molar-refractivity contribution in [1.29, 1.82) is 0 Å². The molecular weight excluding hydrogens is 354 g/mol. The minimum Gasteiger partial charge on any atom is -0.339 e. The van der Waals surface area contributed by atoms with Gasteiger partial charge in [-0.3, -0.25) is 14.6 Å². The lowest BCUT2D eigenvalue weighted by atomic mass is 9.91. The second kappa shape index (κ2) is 7.75. The summed E-state index contributed by atoms with van der Waals surface area (Å²) < 4.78 is 1.80.